The molecule has 1 unspecified atom stereocenters. The third-order valence-corrected chi connectivity index (χ3v) is 4.56. The maximum atomic E-state index is 12.5. The molecule has 0 bridgehead atoms. The summed E-state index contributed by atoms with van der Waals surface area (Å²) in [5, 5.41) is 2.66. The number of aromatic nitrogens is 2. The van der Waals surface area contributed by atoms with Crippen molar-refractivity contribution in [3.8, 4) is 0 Å². The maximum Gasteiger partial charge on any atom is 0.238 e. The molecular weight excluding hydrogens is 306 g/mol. The zero-order valence-electron chi connectivity index (χ0n) is 14.1. The van der Waals surface area contributed by atoms with Crippen LogP contribution in [0.4, 0.5) is 0 Å². The first kappa shape index (κ1) is 16.4. The van der Waals surface area contributed by atoms with Gasteiger partial charge in [0, 0.05) is 39.5 Å². The number of likely N-dealkylation sites (N-methyl/N-ethyl adjacent to an activating group) is 2. The molecule has 24 heavy (non-hydrogen) atoms. The number of carbonyl (C=O) groups excluding carboxylic acids is 2. The normalized spacial score (nSPS) is 18.8. The number of benzene rings is 1. The highest BCUT2D eigenvalue weighted by Crippen LogP contribution is 2.13. The Kier molecular flexibility index (Phi) is 4.80. The first-order valence-corrected chi connectivity index (χ1v) is 8.21. The van der Waals surface area contributed by atoms with Gasteiger partial charge in [-0.3, -0.25) is 14.5 Å². The van der Waals surface area contributed by atoms with Crippen LogP contribution in [0, 0.1) is 0 Å². The van der Waals surface area contributed by atoms with Crippen LogP contribution in [0.5, 0.6) is 0 Å². The van der Waals surface area contributed by atoms with Gasteiger partial charge in [0.15, 0.2) is 0 Å². The van der Waals surface area contributed by atoms with Crippen molar-refractivity contribution in [3.63, 3.8) is 0 Å². The Bertz CT molecular complexity index is 708. The third-order valence-electron chi connectivity index (χ3n) is 4.56. The molecule has 0 saturated carbocycles. The minimum atomic E-state index is -0.279. The molecule has 3 rings (SSSR count). The van der Waals surface area contributed by atoms with Crippen molar-refractivity contribution in [3.05, 3.63) is 30.1 Å². The lowest BCUT2D eigenvalue weighted by atomic mass is 10.1. The van der Waals surface area contributed by atoms with E-state index in [0.717, 1.165) is 16.9 Å². The average Bonchev–Trinajstić information content (AvgIpc) is 3.02. The highest BCUT2D eigenvalue weighted by atomic mass is 16.2. The van der Waals surface area contributed by atoms with Gasteiger partial charge in [-0.1, -0.05) is 12.1 Å². The molecule has 0 radical (unpaired) electrons. The number of nitrogens with one attached hydrogen (secondary N) is 2. The zero-order chi connectivity index (χ0) is 17.1. The summed E-state index contributed by atoms with van der Waals surface area (Å²) in [6.07, 6.45) is 0.967. The largest absolute Gasteiger partial charge is 0.358 e. The Hall–Kier alpha value is -2.41. The Morgan fingerprint density at radius 1 is 1.33 bits per heavy atom. The van der Waals surface area contributed by atoms with Crippen molar-refractivity contribution < 1.29 is 9.59 Å². The van der Waals surface area contributed by atoms with Crippen LogP contribution in [0.1, 0.15) is 12.2 Å². The maximum absolute atomic E-state index is 12.5. The van der Waals surface area contributed by atoms with E-state index < -0.39 is 0 Å². The topological polar surface area (TPSA) is 81.3 Å². The summed E-state index contributed by atoms with van der Waals surface area (Å²) in [4.78, 5) is 35.9. The van der Waals surface area contributed by atoms with Crippen molar-refractivity contribution in [1.82, 2.24) is 25.1 Å². The Morgan fingerprint density at radius 2 is 2.12 bits per heavy atom. The van der Waals surface area contributed by atoms with Crippen LogP contribution in [-0.2, 0) is 16.0 Å². The van der Waals surface area contributed by atoms with E-state index in [1.54, 1.807) is 11.9 Å². The molecule has 1 fully saturated rings. The van der Waals surface area contributed by atoms with Gasteiger partial charge in [-0.15, -0.1) is 0 Å². The molecule has 2 amide bonds. The number of nitrogens with zero attached hydrogens (tertiary/aromatic N) is 3. The number of H-pyrrole nitrogens is 1. The van der Waals surface area contributed by atoms with Crippen LogP contribution in [0.25, 0.3) is 11.0 Å². The first-order valence-electron chi connectivity index (χ1n) is 8.21. The number of aromatic amines is 1. The predicted octanol–water partition coefficient (Wildman–Crippen LogP) is 0.384. The molecule has 1 aliphatic rings. The smallest absolute Gasteiger partial charge is 0.238 e. The second-order valence-electron chi connectivity index (χ2n) is 6.15. The van der Waals surface area contributed by atoms with E-state index in [9.17, 15) is 9.59 Å². The second kappa shape index (κ2) is 7.00. The van der Waals surface area contributed by atoms with Gasteiger partial charge in [0.05, 0.1) is 11.0 Å². The fourth-order valence-electron chi connectivity index (χ4n) is 3.06. The van der Waals surface area contributed by atoms with Crippen LogP contribution >= 0.6 is 0 Å². The number of para-hydroxylation sites is 2. The van der Waals surface area contributed by atoms with E-state index in [4.69, 9.17) is 0 Å². The van der Waals surface area contributed by atoms with Crippen molar-refractivity contribution in [1.29, 1.82) is 0 Å². The molecule has 0 aliphatic carbocycles. The number of fused-ring (bicyclic) bond motifs is 1. The molecule has 128 valence electrons. The van der Waals surface area contributed by atoms with Gasteiger partial charge in [0.1, 0.15) is 11.9 Å². The lowest BCUT2D eigenvalue weighted by Crippen LogP contribution is -2.58. The van der Waals surface area contributed by atoms with E-state index in [1.807, 2.05) is 36.2 Å². The number of aryl methyl sites for hydroxylation is 1. The SMILES string of the molecule is CNC(=O)C1CN(C(=O)CCc2nc3ccccc3[nH]2)CCN1C. The molecule has 1 aliphatic heterocycles. The van der Waals surface area contributed by atoms with Crippen molar-refractivity contribution >= 4 is 22.8 Å². The summed E-state index contributed by atoms with van der Waals surface area (Å²) in [6, 6.07) is 7.55. The minimum absolute atomic E-state index is 0.0488. The Morgan fingerprint density at radius 3 is 2.88 bits per heavy atom. The highest BCUT2D eigenvalue weighted by Gasteiger charge is 2.31. The van der Waals surface area contributed by atoms with E-state index >= 15 is 0 Å². The second-order valence-corrected chi connectivity index (χ2v) is 6.15. The van der Waals surface area contributed by atoms with Gasteiger partial charge in [0.25, 0.3) is 0 Å². The molecule has 1 aromatic heterocycles. The Balaban J connectivity index is 1.59. The fraction of sp³-hybridized carbons (Fsp3) is 0.471. The van der Waals surface area contributed by atoms with E-state index in [0.29, 0.717) is 32.5 Å². The van der Waals surface area contributed by atoms with E-state index in [1.165, 1.54) is 0 Å². The molecular formula is C17H23N5O2. The van der Waals surface area contributed by atoms with E-state index in [-0.39, 0.29) is 17.9 Å². The van der Waals surface area contributed by atoms with Gasteiger partial charge in [-0.2, -0.15) is 0 Å². The third kappa shape index (κ3) is 3.41. The van der Waals surface area contributed by atoms with Gasteiger partial charge in [0.2, 0.25) is 11.8 Å². The van der Waals surface area contributed by atoms with Crippen molar-refractivity contribution in [2.75, 3.05) is 33.7 Å². The van der Waals surface area contributed by atoms with Crippen LogP contribution in [0.3, 0.4) is 0 Å². The number of rotatable bonds is 4. The zero-order valence-corrected chi connectivity index (χ0v) is 14.1. The van der Waals surface area contributed by atoms with Gasteiger partial charge in [-0.25, -0.2) is 4.98 Å². The molecule has 7 nitrogen and oxygen atoms in total. The molecule has 2 heterocycles. The standard InChI is InChI=1S/C17H23N5O2/c1-18-17(24)14-11-22(10-9-21(14)2)16(23)8-7-15-19-12-5-3-4-6-13(12)20-15/h3-6,14H,7-11H2,1-2H3,(H,18,24)(H,19,20). The van der Waals surface area contributed by atoms with Crippen LogP contribution in [-0.4, -0.2) is 71.4 Å². The highest BCUT2D eigenvalue weighted by molar-refractivity contribution is 5.83. The molecule has 2 aromatic rings. The monoisotopic (exact) mass is 329 g/mol. The summed E-state index contributed by atoms with van der Waals surface area (Å²) < 4.78 is 0. The molecule has 1 aromatic carbocycles. The van der Waals surface area contributed by atoms with Gasteiger partial charge >= 0.3 is 0 Å². The van der Waals surface area contributed by atoms with E-state index in [2.05, 4.69) is 15.3 Å². The number of hydrogen-bond donors (Lipinski definition) is 2. The summed E-state index contributed by atoms with van der Waals surface area (Å²) in [6.45, 7) is 1.80. The fourth-order valence-corrected chi connectivity index (χ4v) is 3.06. The predicted molar refractivity (Wildman–Crippen MR) is 91.5 cm³/mol. The van der Waals surface area contributed by atoms with Crippen molar-refractivity contribution in [2.24, 2.45) is 0 Å². The number of piperazine rings is 1. The molecule has 2 N–H and O–H groups in total. The van der Waals surface area contributed by atoms with Crippen LogP contribution in [0.15, 0.2) is 24.3 Å². The number of amides is 2. The van der Waals surface area contributed by atoms with Crippen LogP contribution in [0.2, 0.25) is 0 Å². The number of carbonyl (C=O) groups is 2. The molecule has 7 heteroatoms. The summed E-state index contributed by atoms with van der Waals surface area (Å²) in [5.74, 6) is 0.839. The van der Waals surface area contributed by atoms with Crippen molar-refractivity contribution in [2.45, 2.75) is 18.9 Å². The number of hydrogen-bond acceptors (Lipinski definition) is 4. The first-order chi connectivity index (χ1) is 11.6. The molecule has 1 atom stereocenters. The van der Waals surface area contributed by atoms with Crippen LogP contribution < -0.4 is 5.32 Å². The van der Waals surface area contributed by atoms with Gasteiger partial charge < -0.3 is 15.2 Å². The lowest BCUT2D eigenvalue weighted by Gasteiger charge is -2.38. The van der Waals surface area contributed by atoms with Gasteiger partial charge in [-0.05, 0) is 19.2 Å². The summed E-state index contributed by atoms with van der Waals surface area (Å²) >= 11 is 0. The summed E-state index contributed by atoms with van der Waals surface area (Å²) in [5.41, 5.74) is 1.90. The minimum Gasteiger partial charge on any atom is -0.358 e. The lowest BCUT2D eigenvalue weighted by molar-refractivity contribution is -0.137. The number of imidazole rings is 1. The molecule has 0 spiro atoms. The molecule has 1 saturated heterocycles. The Labute approximate surface area is 141 Å². The quantitative estimate of drug-likeness (QED) is 0.850. The summed E-state index contributed by atoms with van der Waals surface area (Å²) in [7, 11) is 3.54. The average molecular weight is 329 g/mol.